The van der Waals surface area contributed by atoms with Crippen LogP contribution in [0, 0.1) is 0 Å². The second-order valence-electron chi connectivity index (χ2n) is 4.75. The van der Waals surface area contributed by atoms with Gasteiger partial charge in [-0.15, -0.1) is 0 Å². The summed E-state index contributed by atoms with van der Waals surface area (Å²) in [6.45, 7) is 5.77. The van der Waals surface area contributed by atoms with Crippen LogP contribution in [0.5, 0.6) is 0 Å². The van der Waals surface area contributed by atoms with E-state index in [4.69, 9.17) is 0 Å². The number of hydrogen-bond acceptors (Lipinski definition) is 3. The topological polar surface area (TPSA) is 35.6 Å². The number of likely N-dealkylation sites (N-methyl/N-ethyl adjacent to an activating group) is 1. The third kappa shape index (κ3) is 2.32. The number of carbonyl (C=O) groups excluding carboxylic acids is 1. The summed E-state index contributed by atoms with van der Waals surface area (Å²) in [7, 11) is 1.90. The van der Waals surface area contributed by atoms with Gasteiger partial charge in [0.1, 0.15) is 0 Å². The van der Waals surface area contributed by atoms with E-state index in [1.165, 1.54) is 12.8 Å². The maximum absolute atomic E-state index is 11.6. The summed E-state index contributed by atoms with van der Waals surface area (Å²) in [4.78, 5) is 15.8. The van der Waals surface area contributed by atoms with Crippen molar-refractivity contribution in [2.75, 3.05) is 33.2 Å². The summed E-state index contributed by atoms with van der Waals surface area (Å²) in [5, 5.41) is 3.57. The quantitative estimate of drug-likeness (QED) is 0.693. The Hall–Kier alpha value is -0.610. The Bertz CT molecular complexity index is 244. The molecule has 2 rings (SSSR count). The van der Waals surface area contributed by atoms with Gasteiger partial charge in [0, 0.05) is 38.8 Å². The number of piperazine rings is 2. The summed E-state index contributed by atoms with van der Waals surface area (Å²) in [5.74, 6) is 0.267. The maximum Gasteiger partial charge on any atom is 0.236 e. The minimum absolute atomic E-state index is 0.267. The SMILES string of the molecule is CCCC1CN2CC(=O)N(C)CC2CN1. The molecule has 15 heavy (non-hydrogen) atoms. The number of amides is 1. The van der Waals surface area contributed by atoms with Crippen molar-refractivity contribution in [2.24, 2.45) is 0 Å². The molecule has 2 unspecified atom stereocenters. The van der Waals surface area contributed by atoms with E-state index in [1.807, 2.05) is 11.9 Å². The van der Waals surface area contributed by atoms with Crippen LogP contribution in [0.1, 0.15) is 19.8 Å². The van der Waals surface area contributed by atoms with Gasteiger partial charge in [-0.3, -0.25) is 9.69 Å². The van der Waals surface area contributed by atoms with Gasteiger partial charge in [-0.1, -0.05) is 13.3 Å². The predicted molar refractivity (Wildman–Crippen MR) is 59.7 cm³/mol. The van der Waals surface area contributed by atoms with Gasteiger partial charge < -0.3 is 10.2 Å². The van der Waals surface area contributed by atoms with E-state index in [2.05, 4.69) is 17.1 Å². The molecule has 2 saturated heterocycles. The number of rotatable bonds is 2. The first-order chi connectivity index (χ1) is 7.20. The zero-order chi connectivity index (χ0) is 10.8. The molecule has 2 heterocycles. The van der Waals surface area contributed by atoms with E-state index in [0.29, 0.717) is 18.6 Å². The molecule has 4 nitrogen and oxygen atoms in total. The Morgan fingerprint density at radius 1 is 1.47 bits per heavy atom. The van der Waals surface area contributed by atoms with Gasteiger partial charge in [-0.2, -0.15) is 0 Å². The third-order valence-electron chi connectivity index (χ3n) is 3.50. The van der Waals surface area contributed by atoms with E-state index >= 15 is 0 Å². The van der Waals surface area contributed by atoms with Gasteiger partial charge >= 0.3 is 0 Å². The monoisotopic (exact) mass is 211 g/mol. The van der Waals surface area contributed by atoms with E-state index in [1.54, 1.807) is 0 Å². The normalized spacial score (nSPS) is 32.9. The standard InChI is InChI=1S/C11H21N3O/c1-3-4-9-6-14-8-11(15)13(2)7-10(14)5-12-9/h9-10,12H,3-8H2,1-2H3. The highest BCUT2D eigenvalue weighted by Crippen LogP contribution is 2.15. The van der Waals surface area contributed by atoms with Crippen molar-refractivity contribution in [1.29, 1.82) is 0 Å². The lowest BCUT2D eigenvalue weighted by Crippen LogP contribution is -2.64. The fraction of sp³-hybridized carbons (Fsp3) is 0.909. The molecule has 1 N–H and O–H groups in total. The summed E-state index contributed by atoms with van der Waals surface area (Å²) in [6.07, 6.45) is 2.43. The fourth-order valence-corrected chi connectivity index (χ4v) is 2.56. The first-order valence-corrected chi connectivity index (χ1v) is 5.92. The second-order valence-corrected chi connectivity index (χ2v) is 4.75. The Morgan fingerprint density at radius 2 is 2.27 bits per heavy atom. The number of carbonyl (C=O) groups is 1. The average molecular weight is 211 g/mol. The smallest absolute Gasteiger partial charge is 0.236 e. The predicted octanol–water partition coefficient (Wildman–Crippen LogP) is -0.0991. The minimum atomic E-state index is 0.267. The summed E-state index contributed by atoms with van der Waals surface area (Å²) >= 11 is 0. The Kier molecular flexibility index (Phi) is 3.26. The van der Waals surface area contributed by atoms with E-state index in [9.17, 15) is 4.79 Å². The van der Waals surface area contributed by atoms with Crippen molar-refractivity contribution in [3.05, 3.63) is 0 Å². The van der Waals surface area contributed by atoms with Crippen molar-refractivity contribution < 1.29 is 4.79 Å². The van der Waals surface area contributed by atoms with Crippen LogP contribution in [-0.4, -0.2) is 61.0 Å². The van der Waals surface area contributed by atoms with Crippen LogP contribution in [0.4, 0.5) is 0 Å². The van der Waals surface area contributed by atoms with Gasteiger partial charge in [0.15, 0.2) is 0 Å². The molecular weight excluding hydrogens is 190 g/mol. The Balaban J connectivity index is 1.93. The van der Waals surface area contributed by atoms with Gasteiger partial charge in [0.05, 0.1) is 6.54 Å². The highest BCUT2D eigenvalue weighted by molar-refractivity contribution is 5.78. The fourth-order valence-electron chi connectivity index (χ4n) is 2.56. The number of hydrogen-bond donors (Lipinski definition) is 1. The van der Waals surface area contributed by atoms with Crippen LogP contribution >= 0.6 is 0 Å². The summed E-state index contributed by atoms with van der Waals surface area (Å²) in [5.41, 5.74) is 0. The van der Waals surface area contributed by atoms with Crippen LogP contribution in [-0.2, 0) is 4.79 Å². The molecule has 0 aromatic carbocycles. The van der Waals surface area contributed by atoms with Crippen LogP contribution in [0.3, 0.4) is 0 Å². The van der Waals surface area contributed by atoms with Crippen LogP contribution in [0.15, 0.2) is 0 Å². The summed E-state index contributed by atoms with van der Waals surface area (Å²) in [6, 6.07) is 1.11. The zero-order valence-corrected chi connectivity index (χ0v) is 9.70. The lowest BCUT2D eigenvalue weighted by Gasteiger charge is -2.45. The minimum Gasteiger partial charge on any atom is -0.343 e. The van der Waals surface area contributed by atoms with E-state index < -0.39 is 0 Å². The molecule has 86 valence electrons. The largest absolute Gasteiger partial charge is 0.343 e. The highest BCUT2D eigenvalue weighted by Gasteiger charge is 2.34. The van der Waals surface area contributed by atoms with Crippen molar-refractivity contribution in [3.8, 4) is 0 Å². The Morgan fingerprint density at radius 3 is 3.00 bits per heavy atom. The van der Waals surface area contributed by atoms with E-state index in [-0.39, 0.29) is 5.91 Å². The molecule has 2 aliphatic rings. The lowest BCUT2D eigenvalue weighted by molar-refractivity contribution is -0.137. The molecule has 0 saturated carbocycles. The second kappa shape index (κ2) is 4.49. The van der Waals surface area contributed by atoms with Crippen LogP contribution in [0.25, 0.3) is 0 Å². The molecule has 0 bridgehead atoms. The molecule has 2 atom stereocenters. The molecule has 0 radical (unpaired) electrons. The van der Waals surface area contributed by atoms with Crippen LogP contribution in [0.2, 0.25) is 0 Å². The summed E-state index contributed by atoms with van der Waals surface area (Å²) < 4.78 is 0. The third-order valence-corrected chi connectivity index (χ3v) is 3.50. The first kappa shape index (κ1) is 10.9. The van der Waals surface area contributed by atoms with Gasteiger partial charge in [0.2, 0.25) is 5.91 Å². The van der Waals surface area contributed by atoms with Crippen molar-refractivity contribution in [2.45, 2.75) is 31.8 Å². The van der Waals surface area contributed by atoms with Crippen molar-refractivity contribution >= 4 is 5.91 Å². The van der Waals surface area contributed by atoms with Gasteiger partial charge in [-0.25, -0.2) is 0 Å². The molecule has 2 aliphatic heterocycles. The van der Waals surface area contributed by atoms with Crippen molar-refractivity contribution in [1.82, 2.24) is 15.1 Å². The molecular formula is C11H21N3O. The highest BCUT2D eigenvalue weighted by atomic mass is 16.2. The number of nitrogens with one attached hydrogen (secondary N) is 1. The van der Waals surface area contributed by atoms with Gasteiger partial charge in [-0.05, 0) is 6.42 Å². The average Bonchev–Trinajstić information content (AvgIpc) is 2.21. The van der Waals surface area contributed by atoms with Gasteiger partial charge in [0.25, 0.3) is 0 Å². The maximum atomic E-state index is 11.6. The first-order valence-electron chi connectivity index (χ1n) is 5.92. The van der Waals surface area contributed by atoms with Crippen molar-refractivity contribution in [3.63, 3.8) is 0 Å². The van der Waals surface area contributed by atoms with Crippen LogP contribution < -0.4 is 5.32 Å². The zero-order valence-electron chi connectivity index (χ0n) is 9.70. The molecule has 2 fully saturated rings. The molecule has 0 aromatic rings. The molecule has 1 amide bonds. The Labute approximate surface area is 91.6 Å². The number of fused-ring (bicyclic) bond motifs is 1. The lowest BCUT2D eigenvalue weighted by atomic mass is 10.0. The molecule has 4 heteroatoms. The molecule has 0 spiro atoms. The van der Waals surface area contributed by atoms with E-state index in [0.717, 1.165) is 19.6 Å². The molecule has 0 aromatic heterocycles. The molecule has 0 aliphatic carbocycles. The number of nitrogens with zero attached hydrogens (tertiary/aromatic N) is 2.